The molecule has 1 aromatic carbocycles. The minimum absolute atomic E-state index is 0.0905. The summed E-state index contributed by atoms with van der Waals surface area (Å²) in [5, 5.41) is 3.84. The highest BCUT2D eigenvalue weighted by Gasteiger charge is 2.20. The number of hydrogen-bond donors (Lipinski definition) is 2. The lowest BCUT2D eigenvalue weighted by molar-refractivity contribution is 0.358. The Morgan fingerprint density at radius 2 is 2.05 bits per heavy atom. The van der Waals surface area contributed by atoms with Gasteiger partial charge in [-0.3, -0.25) is 9.78 Å². The van der Waals surface area contributed by atoms with Crippen molar-refractivity contribution in [2.45, 2.75) is 33.7 Å². The zero-order chi connectivity index (χ0) is 14.2. The summed E-state index contributed by atoms with van der Waals surface area (Å²) in [6, 6.07) is 5.69. The monoisotopic (exact) mass is 323 g/mol. The Morgan fingerprint density at radius 3 is 2.68 bits per heavy atom. The standard InChI is InChI=1S/C14H18BrN3O/c1-8(14(2,3)4)16-13-17-11-6-5-9(15)7-10(11)12(19)18-13/h5-8H,1-4H3,(H2,16,17,18,19). The average molecular weight is 324 g/mol. The van der Waals surface area contributed by atoms with Crippen molar-refractivity contribution < 1.29 is 0 Å². The number of hydrogen-bond acceptors (Lipinski definition) is 3. The van der Waals surface area contributed by atoms with E-state index in [0.717, 1.165) is 4.47 Å². The van der Waals surface area contributed by atoms with Crippen molar-refractivity contribution in [3.05, 3.63) is 33.0 Å². The van der Waals surface area contributed by atoms with E-state index in [9.17, 15) is 4.79 Å². The minimum Gasteiger partial charge on any atom is -0.353 e. The second-order valence-electron chi connectivity index (χ2n) is 5.81. The van der Waals surface area contributed by atoms with Gasteiger partial charge in [0.2, 0.25) is 5.95 Å². The third-order valence-corrected chi connectivity index (χ3v) is 3.81. The van der Waals surface area contributed by atoms with Crippen LogP contribution in [0.3, 0.4) is 0 Å². The van der Waals surface area contributed by atoms with E-state index in [1.165, 1.54) is 0 Å². The molecule has 0 fully saturated rings. The molecule has 5 heteroatoms. The van der Waals surface area contributed by atoms with Gasteiger partial charge in [-0.1, -0.05) is 36.7 Å². The van der Waals surface area contributed by atoms with Gasteiger partial charge in [-0.05, 0) is 30.5 Å². The number of aromatic nitrogens is 2. The highest BCUT2D eigenvalue weighted by Crippen LogP contribution is 2.22. The lowest BCUT2D eigenvalue weighted by Gasteiger charge is -2.28. The van der Waals surface area contributed by atoms with E-state index in [1.54, 1.807) is 6.07 Å². The fraction of sp³-hybridized carbons (Fsp3) is 0.429. The van der Waals surface area contributed by atoms with E-state index in [0.29, 0.717) is 16.9 Å². The van der Waals surface area contributed by atoms with Crippen LogP contribution in [0.5, 0.6) is 0 Å². The molecule has 0 bridgehead atoms. The SMILES string of the molecule is CC(Nc1nc2ccc(Br)cc2c(=O)[nH]1)C(C)(C)C. The van der Waals surface area contributed by atoms with E-state index >= 15 is 0 Å². The molecular formula is C14H18BrN3O. The molecule has 102 valence electrons. The smallest absolute Gasteiger partial charge is 0.260 e. The molecule has 2 N–H and O–H groups in total. The first kappa shape index (κ1) is 14.1. The quantitative estimate of drug-likeness (QED) is 0.888. The molecule has 0 radical (unpaired) electrons. The Morgan fingerprint density at radius 1 is 1.37 bits per heavy atom. The second kappa shape index (κ2) is 4.96. The van der Waals surface area contributed by atoms with Gasteiger partial charge in [0.05, 0.1) is 10.9 Å². The van der Waals surface area contributed by atoms with Crippen LogP contribution in [-0.2, 0) is 0 Å². The summed E-state index contributed by atoms with van der Waals surface area (Å²) in [5.74, 6) is 0.516. The van der Waals surface area contributed by atoms with Gasteiger partial charge in [-0.15, -0.1) is 0 Å². The number of rotatable bonds is 2. The maximum absolute atomic E-state index is 12.0. The molecule has 1 aromatic heterocycles. The Hall–Kier alpha value is -1.36. The van der Waals surface area contributed by atoms with Gasteiger partial charge in [0.1, 0.15) is 0 Å². The highest BCUT2D eigenvalue weighted by molar-refractivity contribution is 9.10. The first-order valence-corrected chi connectivity index (χ1v) is 7.03. The third-order valence-electron chi connectivity index (χ3n) is 3.32. The predicted molar refractivity (Wildman–Crippen MR) is 82.6 cm³/mol. The Labute approximate surface area is 120 Å². The molecule has 0 amide bonds. The third kappa shape index (κ3) is 3.15. The molecule has 0 saturated heterocycles. The number of H-pyrrole nitrogens is 1. The first-order chi connectivity index (χ1) is 8.77. The topological polar surface area (TPSA) is 57.8 Å². The van der Waals surface area contributed by atoms with Crippen LogP contribution in [0.4, 0.5) is 5.95 Å². The largest absolute Gasteiger partial charge is 0.353 e. The molecule has 0 saturated carbocycles. The Kier molecular flexibility index (Phi) is 3.67. The number of anilines is 1. The van der Waals surface area contributed by atoms with Crippen LogP contribution in [0.1, 0.15) is 27.7 Å². The van der Waals surface area contributed by atoms with Crippen LogP contribution in [0, 0.1) is 5.41 Å². The number of benzene rings is 1. The van der Waals surface area contributed by atoms with Crippen LogP contribution in [-0.4, -0.2) is 16.0 Å². The maximum atomic E-state index is 12.0. The lowest BCUT2D eigenvalue weighted by Crippen LogP contribution is -2.32. The highest BCUT2D eigenvalue weighted by atomic mass is 79.9. The molecule has 2 aromatic rings. The van der Waals surface area contributed by atoms with Gasteiger partial charge in [0.25, 0.3) is 5.56 Å². The molecule has 1 unspecified atom stereocenters. The summed E-state index contributed by atoms with van der Waals surface area (Å²) in [4.78, 5) is 19.3. The van der Waals surface area contributed by atoms with Crippen molar-refractivity contribution in [1.82, 2.24) is 9.97 Å². The van der Waals surface area contributed by atoms with Crippen LogP contribution >= 0.6 is 15.9 Å². The molecule has 0 aliphatic heterocycles. The van der Waals surface area contributed by atoms with Crippen molar-refractivity contribution in [1.29, 1.82) is 0 Å². The maximum Gasteiger partial charge on any atom is 0.260 e. The predicted octanol–water partition coefficient (Wildman–Crippen LogP) is 3.53. The molecule has 4 nitrogen and oxygen atoms in total. The van der Waals surface area contributed by atoms with Crippen molar-refractivity contribution in [2.24, 2.45) is 5.41 Å². The van der Waals surface area contributed by atoms with Crippen molar-refractivity contribution in [3.63, 3.8) is 0 Å². The summed E-state index contributed by atoms with van der Waals surface area (Å²) >= 11 is 3.36. The normalized spacial score (nSPS) is 13.5. The zero-order valence-electron chi connectivity index (χ0n) is 11.5. The lowest BCUT2D eigenvalue weighted by atomic mass is 9.88. The van der Waals surface area contributed by atoms with Crippen molar-refractivity contribution in [2.75, 3.05) is 5.32 Å². The number of fused-ring (bicyclic) bond motifs is 1. The summed E-state index contributed by atoms with van der Waals surface area (Å²) in [6.45, 7) is 8.49. The fourth-order valence-corrected chi connectivity index (χ4v) is 1.96. The van der Waals surface area contributed by atoms with Gasteiger partial charge in [0.15, 0.2) is 0 Å². The van der Waals surface area contributed by atoms with E-state index in [1.807, 2.05) is 12.1 Å². The van der Waals surface area contributed by atoms with Gasteiger partial charge < -0.3 is 5.32 Å². The van der Waals surface area contributed by atoms with Crippen molar-refractivity contribution >= 4 is 32.8 Å². The van der Waals surface area contributed by atoms with Crippen LogP contribution in [0.15, 0.2) is 27.5 Å². The molecular weight excluding hydrogens is 306 g/mol. The van der Waals surface area contributed by atoms with Crippen LogP contribution < -0.4 is 10.9 Å². The molecule has 0 spiro atoms. The Balaban J connectivity index is 2.42. The summed E-state index contributed by atoms with van der Waals surface area (Å²) in [7, 11) is 0. The summed E-state index contributed by atoms with van der Waals surface area (Å²) in [5.41, 5.74) is 0.651. The van der Waals surface area contributed by atoms with Gasteiger partial charge in [-0.25, -0.2) is 4.98 Å². The van der Waals surface area contributed by atoms with Crippen LogP contribution in [0.25, 0.3) is 10.9 Å². The summed E-state index contributed by atoms with van der Waals surface area (Å²) in [6.07, 6.45) is 0. The molecule has 0 aliphatic rings. The molecule has 1 heterocycles. The van der Waals surface area contributed by atoms with E-state index < -0.39 is 0 Å². The van der Waals surface area contributed by atoms with Crippen molar-refractivity contribution in [3.8, 4) is 0 Å². The number of nitrogens with zero attached hydrogens (tertiary/aromatic N) is 1. The fourth-order valence-electron chi connectivity index (χ4n) is 1.60. The number of aromatic amines is 1. The first-order valence-electron chi connectivity index (χ1n) is 6.23. The summed E-state index contributed by atoms with van der Waals surface area (Å²) < 4.78 is 0.871. The second-order valence-corrected chi connectivity index (χ2v) is 6.72. The average Bonchev–Trinajstić information content (AvgIpc) is 2.29. The van der Waals surface area contributed by atoms with Gasteiger partial charge in [0, 0.05) is 10.5 Å². The zero-order valence-corrected chi connectivity index (χ0v) is 13.1. The van der Waals surface area contributed by atoms with E-state index in [2.05, 4.69) is 58.9 Å². The minimum atomic E-state index is -0.130. The Bertz CT molecular complexity index is 658. The number of halogens is 1. The number of nitrogens with one attached hydrogen (secondary N) is 2. The molecule has 2 rings (SSSR count). The molecule has 19 heavy (non-hydrogen) atoms. The van der Waals surface area contributed by atoms with E-state index in [4.69, 9.17) is 0 Å². The molecule has 0 aliphatic carbocycles. The van der Waals surface area contributed by atoms with Crippen LogP contribution in [0.2, 0.25) is 0 Å². The van der Waals surface area contributed by atoms with E-state index in [-0.39, 0.29) is 17.0 Å². The van der Waals surface area contributed by atoms with Gasteiger partial charge in [-0.2, -0.15) is 0 Å². The van der Waals surface area contributed by atoms with Gasteiger partial charge >= 0.3 is 0 Å². The molecule has 1 atom stereocenters.